The minimum absolute atomic E-state index is 0.108. The van der Waals surface area contributed by atoms with Crippen molar-refractivity contribution in [3.63, 3.8) is 0 Å². The standard InChI is InChI=1S/C25H28N6O3/c1-15-26-10-16(11-27-15)18-3-4-19-22-23(18)33-13-25(6-7-25)14-34-24(32)20-9-17(5-8-31(20)2)29-21(30-22)12-28-19/h3-4,10-12,17,20H,5-9,13-14H2,1-2H3,(H,29,30)/t17-,20-/m0/s1. The Morgan fingerprint density at radius 2 is 1.88 bits per heavy atom. The van der Waals surface area contributed by atoms with E-state index in [2.05, 4.69) is 25.2 Å². The summed E-state index contributed by atoms with van der Waals surface area (Å²) in [7, 11) is 1.99. The Balaban J connectivity index is 1.45. The molecule has 1 spiro atoms. The van der Waals surface area contributed by atoms with Gasteiger partial charge in [-0.05, 0) is 51.8 Å². The Hall–Kier alpha value is -3.33. The highest BCUT2D eigenvalue weighted by Gasteiger charge is 2.46. The maximum Gasteiger partial charge on any atom is 0.323 e. The summed E-state index contributed by atoms with van der Waals surface area (Å²) in [4.78, 5) is 33.4. The van der Waals surface area contributed by atoms with Crippen molar-refractivity contribution in [3.05, 3.63) is 36.5 Å². The number of hydrogen-bond donors (Lipinski definition) is 1. The second-order valence-electron chi connectivity index (χ2n) is 9.84. The molecule has 1 saturated carbocycles. The monoisotopic (exact) mass is 460 g/mol. The number of esters is 1. The fourth-order valence-corrected chi connectivity index (χ4v) is 4.78. The van der Waals surface area contributed by atoms with Gasteiger partial charge >= 0.3 is 5.97 Å². The lowest BCUT2D eigenvalue weighted by molar-refractivity contribution is -0.153. The van der Waals surface area contributed by atoms with E-state index in [1.54, 1.807) is 18.6 Å². The molecule has 34 heavy (non-hydrogen) atoms. The van der Waals surface area contributed by atoms with Gasteiger partial charge in [-0.25, -0.2) is 15.0 Å². The van der Waals surface area contributed by atoms with Crippen LogP contribution < -0.4 is 10.1 Å². The maximum atomic E-state index is 12.9. The van der Waals surface area contributed by atoms with Crippen molar-refractivity contribution in [1.82, 2.24) is 24.8 Å². The van der Waals surface area contributed by atoms with Crippen LogP contribution in [-0.4, -0.2) is 69.7 Å². The summed E-state index contributed by atoms with van der Waals surface area (Å²) in [5.41, 5.74) is 3.05. The Kier molecular flexibility index (Phi) is 5.09. The molecular weight excluding hydrogens is 432 g/mol. The Morgan fingerprint density at radius 1 is 1.09 bits per heavy atom. The van der Waals surface area contributed by atoms with E-state index in [4.69, 9.17) is 14.5 Å². The van der Waals surface area contributed by atoms with Gasteiger partial charge in [0, 0.05) is 41.5 Å². The molecule has 9 heteroatoms. The van der Waals surface area contributed by atoms with E-state index in [1.165, 1.54) is 0 Å². The third kappa shape index (κ3) is 3.94. The number of cyclic esters (lactones) is 1. The number of likely N-dealkylation sites (tertiary alicyclic amines) is 1. The minimum atomic E-state index is -0.261. The number of rotatable bonds is 1. The van der Waals surface area contributed by atoms with Crippen molar-refractivity contribution in [2.75, 3.05) is 32.1 Å². The lowest BCUT2D eigenvalue weighted by atomic mass is 9.97. The van der Waals surface area contributed by atoms with Crippen LogP contribution in [-0.2, 0) is 9.53 Å². The third-order valence-corrected chi connectivity index (χ3v) is 7.25. The lowest BCUT2D eigenvalue weighted by Gasteiger charge is -2.36. The molecule has 6 rings (SSSR count). The van der Waals surface area contributed by atoms with E-state index in [-0.39, 0.29) is 23.5 Å². The van der Waals surface area contributed by atoms with Gasteiger partial charge in [0.05, 0.1) is 18.3 Å². The van der Waals surface area contributed by atoms with E-state index in [0.29, 0.717) is 42.5 Å². The Bertz CT molecular complexity index is 1240. The van der Waals surface area contributed by atoms with Crippen LogP contribution in [0.15, 0.2) is 30.7 Å². The predicted molar refractivity (Wildman–Crippen MR) is 126 cm³/mol. The molecule has 0 unspecified atom stereocenters. The number of fused-ring (bicyclic) bond motifs is 3. The number of nitrogens with one attached hydrogen (secondary N) is 1. The number of piperidine rings is 1. The van der Waals surface area contributed by atoms with Crippen LogP contribution in [0.2, 0.25) is 0 Å². The van der Waals surface area contributed by atoms with Gasteiger partial charge in [0.1, 0.15) is 29.8 Å². The normalized spacial score (nSPS) is 24.2. The SMILES string of the molecule is Cc1ncc(-c2ccc3ncc4nc3c2OCC2(CC2)COC(=O)[C@@H]2C[C@H](CCN2C)N4)cn1. The van der Waals surface area contributed by atoms with E-state index in [0.717, 1.165) is 42.5 Å². The molecule has 2 aliphatic heterocycles. The number of carbonyl (C=O) groups excluding carboxylic acids is 1. The van der Waals surface area contributed by atoms with Gasteiger partial charge < -0.3 is 14.8 Å². The molecule has 1 aliphatic carbocycles. The fraction of sp³-hybridized carbons (Fsp3) is 0.480. The maximum absolute atomic E-state index is 12.9. The molecule has 1 saturated heterocycles. The van der Waals surface area contributed by atoms with Crippen LogP contribution in [0.1, 0.15) is 31.5 Å². The predicted octanol–water partition coefficient (Wildman–Crippen LogP) is 2.99. The summed E-state index contributed by atoms with van der Waals surface area (Å²) >= 11 is 0. The third-order valence-electron chi connectivity index (χ3n) is 7.25. The van der Waals surface area contributed by atoms with E-state index < -0.39 is 0 Å². The highest BCUT2D eigenvalue weighted by Crippen LogP contribution is 2.47. The number of ether oxygens (including phenoxy) is 2. The number of aryl methyl sites for hydroxylation is 1. The Morgan fingerprint density at radius 3 is 2.68 bits per heavy atom. The topological polar surface area (TPSA) is 102 Å². The first-order valence-corrected chi connectivity index (χ1v) is 11.8. The molecule has 2 aromatic heterocycles. The van der Waals surface area contributed by atoms with E-state index in [1.807, 2.05) is 26.1 Å². The van der Waals surface area contributed by atoms with Gasteiger partial charge in [0.15, 0.2) is 5.75 Å². The van der Waals surface area contributed by atoms with Crippen LogP contribution in [0, 0.1) is 12.3 Å². The van der Waals surface area contributed by atoms with Gasteiger partial charge in [-0.15, -0.1) is 0 Å². The van der Waals surface area contributed by atoms with Gasteiger partial charge in [0.2, 0.25) is 0 Å². The molecule has 4 heterocycles. The number of likely N-dealkylation sites (N-methyl/N-ethyl adjacent to an activating group) is 1. The summed E-state index contributed by atoms with van der Waals surface area (Å²) in [5.74, 6) is 1.89. The van der Waals surface area contributed by atoms with Gasteiger partial charge in [-0.2, -0.15) is 0 Å². The molecule has 3 aromatic rings. The van der Waals surface area contributed by atoms with Crippen LogP contribution in [0.5, 0.6) is 5.75 Å². The summed E-state index contributed by atoms with van der Waals surface area (Å²) in [6.07, 6.45) is 8.88. The van der Waals surface area contributed by atoms with Crippen LogP contribution in [0.3, 0.4) is 0 Å². The molecule has 1 aromatic carbocycles. The molecule has 3 aliphatic rings. The first-order valence-electron chi connectivity index (χ1n) is 11.8. The summed E-state index contributed by atoms with van der Waals surface area (Å²) in [6.45, 7) is 3.50. The first kappa shape index (κ1) is 21.2. The van der Waals surface area contributed by atoms with Crippen molar-refractivity contribution in [2.24, 2.45) is 5.41 Å². The average Bonchev–Trinajstić information content (AvgIpc) is 3.62. The van der Waals surface area contributed by atoms with Crippen molar-refractivity contribution in [2.45, 2.75) is 44.7 Å². The summed E-state index contributed by atoms with van der Waals surface area (Å²) < 4.78 is 12.3. The van der Waals surface area contributed by atoms with Gasteiger partial charge in [-0.3, -0.25) is 14.7 Å². The highest BCUT2D eigenvalue weighted by molar-refractivity contribution is 5.90. The molecule has 9 nitrogen and oxygen atoms in total. The largest absolute Gasteiger partial charge is 0.490 e. The van der Waals surface area contributed by atoms with E-state index in [9.17, 15) is 4.79 Å². The summed E-state index contributed by atoms with van der Waals surface area (Å²) in [5, 5.41) is 3.50. The van der Waals surface area contributed by atoms with Crippen LogP contribution in [0.25, 0.3) is 22.2 Å². The molecule has 176 valence electrons. The molecule has 1 N–H and O–H groups in total. The number of carbonyl (C=O) groups is 1. The van der Waals surface area contributed by atoms with E-state index >= 15 is 0 Å². The molecular formula is C25H28N6O3. The zero-order valence-corrected chi connectivity index (χ0v) is 19.5. The minimum Gasteiger partial charge on any atom is -0.490 e. The quantitative estimate of drug-likeness (QED) is 0.549. The number of benzene rings is 1. The van der Waals surface area contributed by atoms with Crippen LogP contribution in [0.4, 0.5) is 5.82 Å². The van der Waals surface area contributed by atoms with Gasteiger partial charge in [0.25, 0.3) is 0 Å². The number of hydrogen-bond acceptors (Lipinski definition) is 9. The van der Waals surface area contributed by atoms with Crippen LogP contribution >= 0.6 is 0 Å². The second kappa shape index (κ2) is 8.16. The van der Waals surface area contributed by atoms with Gasteiger partial charge in [-0.1, -0.05) is 0 Å². The number of aromatic nitrogens is 4. The molecule has 2 fully saturated rings. The second-order valence-corrected chi connectivity index (χ2v) is 9.84. The fourth-order valence-electron chi connectivity index (χ4n) is 4.78. The molecule has 0 radical (unpaired) electrons. The lowest BCUT2D eigenvalue weighted by Crippen LogP contribution is -2.49. The Labute approximate surface area is 197 Å². The molecule has 0 amide bonds. The van der Waals surface area contributed by atoms with Crippen molar-refractivity contribution in [1.29, 1.82) is 0 Å². The number of anilines is 1. The van der Waals surface area contributed by atoms with Crippen molar-refractivity contribution < 1.29 is 14.3 Å². The van der Waals surface area contributed by atoms with Crippen molar-refractivity contribution in [3.8, 4) is 16.9 Å². The van der Waals surface area contributed by atoms with Crippen molar-refractivity contribution >= 4 is 22.8 Å². The highest BCUT2D eigenvalue weighted by atomic mass is 16.5. The zero-order chi connectivity index (χ0) is 23.3. The smallest absolute Gasteiger partial charge is 0.323 e. The molecule has 2 atom stereocenters. The first-order chi connectivity index (χ1) is 16.5. The number of nitrogens with zero attached hydrogens (tertiary/aromatic N) is 5. The summed E-state index contributed by atoms with van der Waals surface area (Å²) in [6, 6.07) is 3.79. The average molecular weight is 461 g/mol. The zero-order valence-electron chi connectivity index (χ0n) is 19.5. The molecule has 4 bridgehead atoms.